The van der Waals surface area contributed by atoms with Crippen molar-refractivity contribution in [3.63, 3.8) is 0 Å². The fraction of sp³-hybridized carbons (Fsp3) is 0.250. The van der Waals surface area contributed by atoms with Crippen LogP contribution in [0.4, 0.5) is 4.39 Å². The van der Waals surface area contributed by atoms with Gasteiger partial charge in [-0.1, -0.05) is 47.1 Å². The average Bonchev–Trinajstić information content (AvgIpc) is 2.38. The van der Waals surface area contributed by atoms with Gasteiger partial charge in [0.05, 0.1) is 6.04 Å². The summed E-state index contributed by atoms with van der Waals surface area (Å²) in [6.07, 6.45) is 0. The molecule has 0 spiro atoms. The van der Waals surface area contributed by atoms with E-state index in [0.717, 1.165) is 16.6 Å². The van der Waals surface area contributed by atoms with E-state index in [1.165, 1.54) is 23.3 Å². The van der Waals surface area contributed by atoms with Gasteiger partial charge in [-0.2, -0.15) is 0 Å². The van der Waals surface area contributed by atoms with Gasteiger partial charge in [-0.15, -0.1) is 0 Å². The highest BCUT2D eigenvalue weighted by Gasteiger charge is 2.15. The quantitative estimate of drug-likeness (QED) is 0.868. The third-order valence-electron chi connectivity index (χ3n) is 3.08. The number of aryl methyl sites for hydroxylation is 1. The smallest absolute Gasteiger partial charge is 0.123 e. The van der Waals surface area contributed by atoms with E-state index in [2.05, 4.69) is 53.3 Å². The number of rotatable bonds is 4. The Kier molecular flexibility index (Phi) is 4.72. The molecule has 0 saturated heterocycles. The van der Waals surface area contributed by atoms with Crippen molar-refractivity contribution in [3.8, 4) is 0 Å². The van der Waals surface area contributed by atoms with Crippen molar-refractivity contribution in [2.75, 3.05) is 6.54 Å². The van der Waals surface area contributed by atoms with Crippen molar-refractivity contribution in [2.24, 2.45) is 0 Å². The van der Waals surface area contributed by atoms with Gasteiger partial charge in [0.1, 0.15) is 5.82 Å². The first-order chi connectivity index (χ1) is 9.11. The monoisotopic (exact) mass is 321 g/mol. The third-order valence-corrected chi connectivity index (χ3v) is 3.77. The highest BCUT2D eigenvalue weighted by molar-refractivity contribution is 9.10. The van der Waals surface area contributed by atoms with Crippen molar-refractivity contribution >= 4 is 15.9 Å². The van der Waals surface area contributed by atoms with E-state index in [1.54, 1.807) is 0 Å². The number of benzene rings is 2. The zero-order valence-corrected chi connectivity index (χ0v) is 12.7. The van der Waals surface area contributed by atoms with Crippen LogP contribution in [-0.2, 0) is 0 Å². The summed E-state index contributed by atoms with van der Waals surface area (Å²) in [5, 5.41) is 3.44. The lowest BCUT2D eigenvalue weighted by Gasteiger charge is -2.20. The second-order valence-corrected chi connectivity index (χ2v) is 5.42. The van der Waals surface area contributed by atoms with E-state index in [0.29, 0.717) is 0 Å². The van der Waals surface area contributed by atoms with E-state index in [9.17, 15) is 4.39 Å². The van der Waals surface area contributed by atoms with Crippen LogP contribution >= 0.6 is 15.9 Å². The summed E-state index contributed by atoms with van der Waals surface area (Å²) in [6, 6.07) is 13.0. The molecule has 1 unspecified atom stereocenters. The second kappa shape index (κ2) is 6.31. The van der Waals surface area contributed by atoms with Crippen LogP contribution < -0.4 is 5.32 Å². The Bertz CT molecular complexity index is 551. The zero-order chi connectivity index (χ0) is 13.8. The topological polar surface area (TPSA) is 12.0 Å². The minimum absolute atomic E-state index is 0.0700. The standard InChI is InChI=1S/C16H17BrFN/c1-3-19-16(12-5-7-13(18)8-6-12)14-9-4-11(2)10-15(14)17/h4-10,16,19H,3H2,1-2H3. The van der Waals surface area contributed by atoms with Crippen molar-refractivity contribution < 1.29 is 4.39 Å². The van der Waals surface area contributed by atoms with Crippen LogP contribution in [0.5, 0.6) is 0 Å². The van der Waals surface area contributed by atoms with Crippen LogP contribution in [-0.4, -0.2) is 6.54 Å². The lowest BCUT2D eigenvalue weighted by molar-refractivity contribution is 0.612. The van der Waals surface area contributed by atoms with Gasteiger partial charge < -0.3 is 5.32 Å². The van der Waals surface area contributed by atoms with Crippen LogP contribution in [0.2, 0.25) is 0 Å². The molecular weight excluding hydrogens is 305 g/mol. The number of hydrogen-bond donors (Lipinski definition) is 1. The van der Waals surface area contributed by atoms with Gasteiger partial charge in [-0.05, 0) is 48.4 Å². The molecule has 2 aromatic rings. The first-order valence-corrected chi connectivity index (χ1v) is 7.16. The molecular formula is C16H17BrFN. The number of halogens is 2. The summed E-state index contributed by atoms with van der Waals surface area (Å²) in [5.41, 5.74) is 3.44. The molecule has 0 fully saturated rings. The van der Waals surface area contributed by atoms with E-state index in [1.807, 2.05) is 12.1 Å². The normalized spacial score (nSPS) is 12.4. The Morgan fingerprint density at radius 1 is 1.16 bits per heavy atom. The zero-order valence-electron chi connectivity index (χ0n) is 11.1. The molecule has 0 heterocycles. The fourth-order valence-electron chi connectivity index (χ4n) is 2.13. The third kappa shape index (κ3) is 3.43. The van der Waals surface area contributed by atoms with Crippen molar-refractivity contribution in [2.45, 2.75) is 19.9 Å². The Hall–Kier alpha value is -1.19. The molecule has 1 nitrogen and oxygen atoms in total. The van der Waals surface area contributed by atoms with Crippen LogP contribution in [0.3, 0.4) is 0 Å². The molecule has 19 heavy (non-hydrogen) atoms. The maximum atomic E-state index is 13.0. The van der Waals surface area contributed by atoms with Gasteiger partial charge in [-0.3, -0.25) is 0 Å². The molecule has 0 saturated carbocycles. The van der Waals surface area contributed by atoms with E-state index >= 15 is 0 Å². The predicted octanol–water partition coefficient (Wildman–Crippen LogP) is 4.60. The molecule has 2 rings (SSSR count). The second-order valence-electron chi connectivity index (χ2n) is 4.57. The summed E-state index contributed by atoms with van der Waals surface area (Å²) < 4.78 is 14.1. The van der Waals surface area contributed by atoms with Gasteiger partial charge in [0.25, 0.3) is 0 Å². The Morgan fingerprint density at radius 3 is 2.42 bits per heavy atom. The molecule has 0 aliphatic carbocycles. The highest BCUT2D eigenvalue weighted by atomic mass is 79.9. The minimum Gasteiger partial charge on any atom is -0.306 e. The average molecular weight is 322 g/mol. The molecule has 0 aromatic heterocycles. The van der Waals surface area contributed by atoms with Crippen molar-refractivity contribution in [3.05, 3.63) is 69.4 Å². The summed E-state index contributed by atoms with van der Waals surface area (Å²) in [5.74, 6) is -0.207. The van der Waals surface area contributed by atoms with Gasteiger partial charge in [0.15, 0.2) is 0 Å². The van der Waals surface area contributed by atoms with E-state index in [4.69, 9.17) is 0 Å². The van der Waals surface area contributed by atoms with Crippen LogP contribution in [0.25, 0.3) is 0 Å². The maximum Gasteiger partial charge on any atom is 0.123 e. The van der Waals surface area contributed by atoms with Gasteiger partial charge in [0, 0.05) is 4.47 Å². The fourth-order valence-corrected chi connectivity index (χ4v) is 2.86. The molecule has 0 radical (unpaired) electrons. The van der Waals surface area contributed by atoms with E-state index < -0.39 is 0 Å². The Labute approximate surface area is 122 Å². The summed E-state index contributed by atoms with van der Waals surface area (Å²) in [4.78, 5) is 0. The van der Waals surface area contributed by atoms with Crippen LogP contribution in [0, 0.1) is 12.7 Å². The summed E-state index contributed by atoms with van der Waals surface area (Å²) in [6.45, 7) is 4.98. The first-order valence-electron chi connectivity index (χ1n) is 6.36. The Morgan fingerprint density at radius 2 is 1.84 bits per heavy atom. The molecule has 3 heteroatoms. The molecule has 0 bridgehead atoms. The lowest BCUT2D eigenvalue weighted by atomic mass is 9.98. The number of hydrogen-bond acceptors (Lipinski definition) is 1. The van der Waals surface area contributed by atoms with Crippen molar-refractivity contribution in [1.82, 2.24) is 5.32 Å². The van der Waals surface area contributed by atoms with Gasteiger partial charge in [0.2, 0.25) is 0 Å². The molecule has 100 valence electrons. The maximum absolute atomic E-state index is 13.0. The molecule has 1 atom stereocenters. The summed E-state index contributed by atoms with van der Waals surface area (Å²) >= 11 is 3.62. The van der Waals surface area contributed by atoms with Crippen LogP contribution in [0.1, 0.15) is 29.7 Å². The molecule has 0 amide bonds. The molecule has 1 N–H and O–H groups in total. The predicted molar refractivity (Wildman–Crippen MR) is 80.8 cm³/mol. The SMILES string of the molecule is CCNC(c1ccc(F)cc1)c1ccc(C)cc1Br. The molecule has 0 aliphatic heterocycles. The molecule has 2 aromatic carbocycles. The van der Waals surface area contributed by atoms with Gasteiger partial charge >= 0.3 is 0 Å². The number of nitrogens with one attached hydrogen (secondary N) is 1. The largest absolute Gasteiger partial charge is 0.306 e. The molecule has 0 aliphatic rings. The minimum atomic E-state index is -0.207. The lowest BCUT2D eigenvalue weighted by Crippen LogP contribution is -2.22. The van der Waals surface area contributed by atoms with Crippen LogP contribution in [0.15, 0.2) is 46.9 Å². The Balaban J connectivity index is 2.41. The highest BCUT2D eigenvalue weighted by Crippen LogP contribution is 2.29. The van der Waals surface area contributed by atoms with Crippen molar-refractivity contribution in [1.29, 1.82) is 0 Å². The first kappa shape index (κ1) is 14.2. The summed E-state index contributed by atoms with van der Waals surface area (Å²) in [7, 11) is 0. The van der Waals surface area contributed by atoms with Gasteiger partial charge in [-0.25, -0.2) is 4.39 Å². The van der Waals surface area contributed by atoms with E-state index in [-0.39, 0.29) is 11.9 Å².